The molecular weight excluding hydrogens is 290 g/mol. The van der Waals surface area contributed by atoms with Gasteiger partial charge in [-0.15, -0.1) is 0 Å². The number of phenols is 1. The number of carbonyl (C=O) groups excluding carboxylic acids is 1. The van der Waals surface area contributed by atoms with Gasteiger partial charge < -0.3 is 20.5 Å². The normalized spacial score (nSPS) is 17.0. The molecule has 1 fully saturated rings. The molecule has 8 nitrogen and oxygen atoms in total. The second-order valence-electron chi connectivity index (χ2n) is 5.38. The number of nitro benzene ring substituents is 1. The van der Waals surface area contributed by atoms with Crippen molar-refractivity contribution >= 4 is 17.3 Å². The summed E-state index contributed by atoms with van der Waals surface area (Å²) in [5.41, 5.74) is -0.857. The largest absolute Gasteiger partial charge is 0.506 e. The number of nitrogens with zero attached hydrogens (tertiary/aromatic N) is 1. The fourth-order valence-corrected chi connectivity index (χ4v) is 2.61. The second-order valence-corrected chi connectivity index (χ2v) is 5.38. The molecule has 1 heterocycles. The van der Waals surface area contributed by atoms with Gasteiger partial charge in [0.15, 0.2) is 0 Å². The summed E-state index contributed by atoms with van der Waals surface area (Å²) in [6.07, 6.45) is 1.20. The van der Waals surface area contributed by atoms with Gasteiger partial charge in [0.25, 0.3) is 5.69 Å². The molecule has 1 aliphatic heterocycles. The van der Waals surface area contributed by atoms with Crippen LogP contribution >= 0.6 is 0 Å². The van der Waals surface area contributed by atoms with Crippen LogP contribution in [0.2, 0.25) is 0 Å². The number of anilines is 1. The fourth-order valence-electron chi connectivity index (χ4n) is 2.61. The molecule has 2 rings (SSSR count). The molecule has 1 amide bonds. The zero-order chi connectivity index (χ0) is 16.2. The summed E-state index contributed by atoms with van der Waals surface area (Å²) >= 11 is 0. The number of ether oxygens (including phenoxy) is 1. The number of rotatable bonds is 5. The average molecular weight is 309 g/mol. The first kappa shape index (κ1) is 16.2. The maximum Gasteiger partial charge on any atom is 0.271 e. The van der Waals surface area contributed by atoms with Crippen LogP contribution in [0.25, 0.3) is 0 Å². The first-order valence-corrected chi connectivity index (χ1v) is 6.97. The highest BCUT2D eigenvalue weighted by Gasteiger charge is 2.40. The van der Waals surface area contributed by atoms with Crippen molar-refractivity contribution in [2.24, 2.45) is 5.41 Å². The van der Waals surface area contributed by atoms with E-state index in [1.807, 2.05) is 0 Å². The zero-order valence-corrected chi connectivity index (χ0v) is 12.3. The number of nitro groups is 1. The highest BCUT2D eigenvalue weighted by Crippen LogP contribution is 2.34. The van der Waals surface area contributed by atoms with Gasteiger partial charge in [0, 0.05) is 19.2 Å². The highest BCUT2D eigenvalue weighted by molar-refractivity contribution is 5.97. The topological polar surface area (TPSA) is 114 Å². The molecule has 1 aromatic rings. The lowest BCUT2D eigenvalue weighted by Crippen LogP contribution is -2.47. The van der Waals surface area contributed by atoms with Gasteiger partial charge in [-0.1, -0.05) is 0 Å². The van der Waals surface area contributed by atoms with E-state index >= 15 is 0 Å². The van der Waals surface area contributed by atoms with Crippen LogP contribution in [0.5, 0.6) is 5.75 Å². The number of non-ortho nitro benzene ring substituents is 1. The lowest BCUT2D eigenvalue weighted by Gasteiger charge is -2.35. The van der Waals surface area contributed by atoms with E-state index in [4.69, 9.17) is 4.74 Å². The van der Waals surface area contributed by atoms with Crippen molar-refractivity contribution in [1.82, 2.24) is 5.32 Å². The standard InChI is InChI=1S/C14H19N3O5/c1-22-9-14(4-6-15-7-5-14)13(19)16-11-8-10(17(20)21)2-3-12(11)18/h2-3,8,15,18H,4-7,9H2,1H3,(H,16,19). The Bertz CT molecular complexity index is 564. The highest BCUT2D eigenvalue weighted by atomic mass is 16.6. The SMILES string of the molecule is COCC1(C(=O)Nc2cc([N+](=O)[O-])ccc2O)CCNCC1. The number of nitrogens with one attached hydrogen (secondary N) is 2. The van der Waals surface area contributed by atoms with Crippen LogP contribution in [0.15, 0.2) is 18.2 Å². The first-order chi connectivity index (χ1) is 10.5. The van der Waals surface area contributed by atoms with Gasteiger partial charge in [0.05, 0.1) is 22.6 Å². The van der Waals surface area contributed by atoms with Crippen molar-refractivity contribution < 1.29 is 19.6 Å². The number of carbonyl (C=O) groups is 1. The smallest absolute Gasteiger partial charge is 0.271 e. The van der Waals surface area contributed by atoms with Crippen molar-refractivity contribution in [2.45, 2.75) is 12.8 Å². The van der Waals surface area contributed by atoms with Gasteiger partial charge in [0.2, 0.25) is 5.91 Å². The fraction of sp³-hybridized carbons (Fsp3) is 0.500. The Morgan fingerprint density at radius 3 is 2.77 bits per heavy atom. The van der Waals surface area contributed by atoms with E-state index in [0.717, 1.165) is 6.07 Å². The summed E-state index contributed by atoms with van der Waals surface area (Å²) in [5, 5.41) is 26.4. The summed E-state index contributed by atoms with van der Waals surface area (Å²) in [6.45, 7) is 1.64. The molecule has 1 aliphatic rings. The molecule has 1 saturated heterocycles. The molecule has 22 heavy (non-hydrogen) atoms. The Morgan fingerprint density at radius 1 is 1.50 bits per heavy atom. The molecule has 0 atom stereocenters. The molecule has 0 aromatic heterocycles. The van der Waals surface area contributed by atoms with Crippen LogP contribution in [-0.4, -0.2) is 42.7 Å². The summed E-state index contributed by atoms with van der Waals surface area (Å²) < 4.78 is 5.18. The van der Waals surface area contributed by atoms with E-state index in [9.17, 15) is 20.0 Å². The quantitative estimate of drug-likeness (QED) is 0.428. The zero-order valence-electron chi connectivity index (χ0n) is 12.3. The second kappa shape index (κ2) is 6.71. The van der Waals surface area contributed by atoms with Crippen molar-refractivity contribution in [3.8, 4) is 5.75 Å². The molecule has 0 unspecified atom stereocenters. The number of aromatic hydroxyl groups is 1. The minimum absolute atomic E-state index is 0.0354. The third-order valence-corrected chi connectivity index (χ3v) is 3.90. The van der Waals surface area contributed by atoms with Crippen LogP contribution in [0.1, 0.15) is 12.8 Å². The molecule has 3 N–H and O–H groups in total. The molecule has 0 radical (unpaired) electrons. The first-order valence-electron chi connectivity index (χ1n) is 6.97. The van der Waals surface area contributed by atoms with E-state index < -0.39 is 10.3 Å². The van der Waals surface area contributed by atoms with Gasteiger partial charge in [0.1, 0.15) is 5.75 Å². The monoisotopic (exact) mass is 309 g/mol. The van der Waals surface area contributed by atoms with Crippen molar-refractivity contribution in [3.05, 3.63) is 28.3 Å². The molecule has 0 saturated carbocycles. The average Bonchev–Trinajstić information content (AvgIpc) is 2.50. The third kappa shape index (κ3) is 3.34. The third-order valence-electron chi connectivity index (χ3n) is 3.90. The van der Waals surface area contributed by atoms with E-state index in [-0.39, 0.29) is 29.6 Å². The lowest BCUT2D eigenvalue weighted by molar-refractivity contribution is -0.384. The summed E-state index contributed by atoms with van der Waals surface area (Å²) in [6, 6.07) is 3.52. The minimum atomic E-state index is -0.697. The number of amides is 1. The van der Waals surface area contributed by atoms with Crippen molar-refractivity contribution in [2.75, 3.05) is 32.1 Å². The number of phenolic OH excluding ortho intramolecular Hbond substituents is 1. The van der Waals surface area contributed by atoms with Crippen LogP contribution < -0.4 is 10.6 Å². The summed E-state index contributed by atoms with van der Waals surface area (Å²) in [5.74, 6) is -0.507. The van der Waals surface area contributed by atoms with Gasteiger partial charge in [-0.2, -0.15) is 0 Å². The van der Waals surface area contributed by atoms with Crippen LogP contribution in [0, 0.1) is 15.5 Å². The maximum atomic E-state index is 12.6. The van der Waals surface area contributed by atoms with E-state index in [2.05, 4.69) is 10.6 Å². The molecule has 0 spiro atoms. The maximum absolute atomic E-state index is 12.6. The van der Waals surface area contributed by atoms with Crippen molar-refractivity contribution in [3.63, 3.8) is 0 Å². The predicted molar refractivity (Wildman–Crippen MR) is 79.8 cm³/mol. The van der Waals surface area contributed by atoms with Gasteiger partial charge in [-0.25, -0.2) is 0 Å². The number of hydrogen-bond donors (Lipinski definition) is 3. The van der Waals surface area contributed by atoms with E-state index in [1.54, 1.807) is 0 Å². The Balaban J connectivity index is 2.22. The Labute approximate surface area is 127 Å². The molecule has 120 valence electrons. The number of benzene rings is 1. The van der Waals surface area contributed by atoms with Crippen LogP contribution in [0.4, 0.5) is 11.4 Å². The Kier molecular flexibility index (Phi) is 4.94. The lowest BCUT2D eigenvalue weighted by atomic mass is 9.78. The number of methoxy groups -OCH3 is 1. The van der Waals surface area contributed by atoms with Gasteiger partial charge in [-0.3, -0.25) is 14.9 Å². The summed E-state index contributed by atoms with van der Waals surface area (Å²) in [7, 11) is 1.53. The summed E-state index contributed by atoms with van der Waals surface area (Å²) in [4.78, 5) is 22.8. The molecular formula is C14H19N3O5. The molecule has 8 heteroatoms. The van der Waals surface area contributed by atoms with Crippen molar-refractivity contribution in [1.29, 1.82) is 0 Å². The Hall–Kier alpha value is -2.19. The van der Waals surface area contributed by atoms with E-state index in [0.29, 0.717) is 25.9 Å². The molecule has 0 bridgehead atoms. The predicted octanol–water partition coefficient (Wildman–Crippen LogP) is 1.26. The minimum Gasteiger partial charge on any atom is -0.506 e. The van der Waals surface area contributed by atoms with Gasteiger partial charge >= 0.3 is 0 Å². The number of piperidine rings is 1. The number of hydrogen-bond acceptors (Lipinski definition) is 6. The van der Waals surface area contributed by atoms with E-state index in [1.165, 1.54) is 19.2 Å². The van der Waals surface area contributed by atoms with Gasteiger partial charge in [-0.05, 0) is 32.0 Å². The van der Waals surface area contributed by atoms with Crippen LogP contribution in [-0.2, 0) is 9.53 Å². The molecule has 0 aliphatic carbocycles. The van der Waals surface area contributed by atoms with Crippen LogP contribution in [0.3, 0.4) is 0 Å². The molecule has 1 aromatic carbocycles. The Morgan fingerprint density at radius 2 is 2.18 bits per heavy atom.